The molecule has 1 aliphatic heterocycles. The van der Waals surface area contributed by atoms with Gasteiger partial charge < -0.3 is 24.2 Å². The molecular formula is C30H29ClFN5O4. The van der Waals surface area contributed by atoms with Gasteiger partial charge in [-0.1, -0.05) is 17.7 Å². The molecule has 1 saturated heterocycles. The van der Waals surface area contributed by atoms with Gasteiger partial charge in [-0.3, -0.25) is 4.79 Å². The molecule has 1 fully saturated rings. The molecule has 0 bridgehead atoms. The van der Waals surface area contributed by atoms with Crippen LogP contribution in [-0.4, -0.2) is 58.4 Å². The van der Waals surface area contributed by atoms with E-state index < -0.39 is 22.8 Å². The van der Waals surface area contributed by atoms with Crippen molar-refractivity contribution in [2.45, 2.75) is 31.8 Å². The van der Waals surface area contributed by atoms with Crippen LogP contribution < -0.4 is 20.0 Å². The van der Waals surface area contributed by atoms with Gasteiger partial charge in [0.2, 0.25) is 11.3 Å². The zero-order chi connectivity index (χ0) is 29.4. The molecule has 4 heterocycles. The van der Waals surface area contributed by atoms with E-state index in [0.29, 0.717) is 40.8 Å². The van der Waals surface area contributed by atoms with Gasteiger partial charge in [-0.25, -0.2) is 19.2 Å². The molecule has 0 aliphatic carbocycles. The lowest BCUT2D eigenvalue weighted by Crippen LogP contribution is -2.39. The number of aromatic carboxylic acids is 1. The summed E-state index contributed by atoms with van der Waals surface area (Å²) < 4.78 is 23.4. The van der Waals surface area contributed by atoms with E-state index in [4.69, 9.17) is 16.3 Å². The monoisotopic (exact) mass is 577 g/mol. The fourth-order valence-electron chi connectivity index (χ4n) is 5.16. The Morgan fingerprint density at radius 3 is 2.71 bits per heavy atom. The molecule has 4 aromatic rings. The van der Waals surface area contributed by atoms with Crippen LogP contribution in [0.15, 0.2) is 66.2 Å². The topological polar surface area (TPSA) is 101 Å². The number of pyridine rings is 3. The van der Waals surface area contributed by atoms with Gasteiger partial charge >= 0.3 is 5.97 Å². The predicted molar refractivity (Wildman–Crippen MR) is 158 cm³/mol. The largest absolute Gasteiger partial charge is 0.477 e. The zero-order valence-corrected chi connectivity index (χ0v) is 23.6. The van der Waals surface area contributed by atoms with Crippen molar-refractivity contribution < 1.29 is 19.0 Å². The van der Waals surface area contributed by atoms with Crippen LogP contribution in [-0.2, 0) is 0 Å². The van der Waals surface area contributed by atoms with Crippen LogP contribution in [0.5, 0.6) is 5.88 Å². The van der Waals surface area contributed by atoms with E-state index in [1.54, 1.807) is 47.2 Å². The zero-order valence-electron chi connectivity index (χ0n) is 22.8. The smallest absolute Gasteiger partial charge is 0.341 e. The minimum Gasteiger partial charge on any atom is -0.477 e. The Bertz CT molecular complexity index is 1710. The summed E-state index contributed by atoms with van der Waals surface area (Å²) >= 11 is 6.27. The van der Waals surface area contributed by atoms with Gasteiger partial charge in [-0.2, -0.15) is 0 Å². The van der Waals surface area contributed by atoms with Gasteiger partial charge in [-0.15, -0.1) is 6.58 Å². The van der Waals surface area contributed by atoms with Crippen molar-refractivity contribution in [3.8, 4) is 11.6 Å². The number of hydrogen-bond acceptors (Lipinski definition) is 7. The molecule has 1 aliphatic rings. The number of carbonyl (C=O) groups is 1. The highest BCUT2D eigenvalue weighted by molar-refractivity contribution is 6.31. The van der Waals surface area contributed by atoms with Gasteiger partial charge in [0, 0.05) is 37.4 Å². The van der Waals surface area contributed by atoms with Gasteiger partial charge in [-0.05, 0) is 56.2 Å². The predicted octanol–water partition coefficient (Wildman–Crippen LogP) is 5.25. The van der Waals surface area contributed by atoms with Crippen LogP contribution in [0.4, 0.5) is 15.9 Å². The number of nitrogens with zero attached hydrogens (tertiary/aromatic N) is 5. The Kier molecular flexibility index (Phi) is 7.68. The fraction of sp³-hybridized carbons (Fsp3) is 0.267. The van der Waals surface area contributed by atoms with E-state index in [2.05, 4.69) is 16.5 Å². The molecule has 0 unspecified atom stereocenters. The van der Waals surface area contributed by atoms with Gasteiger partial charge in [0.25, 0.3) is 0 Å². The first-order valence-electron chi connectivity index (χ1n) is 13.0. The maximum absolute atomic E-state index is 15.9. The fourth-order valence-corrected chi connectivity index (χ4v) is 5.32. The summed E-state index contributed by atoms with van der Waals surface area (Å²) in [5, 5.41) is 10.0. The van der Waals surface area contributed by atoms with E-state index in [1.807, 2.05) is 30.8 Å². The molecule has 0 saturated carbocycles. The first-order chi connectivity index (χ1) is 19.6. The number of benzene rings is 1. The van der Waals surface area contributed by atoms with E-state index in [9.17, 15) is 14.7 Å². The van der Waals surface area contributed by atoms with Crippen molar-refractivity contribution in [2.75, 3.05) is 30.5 Å². The minimum atomic E-state index is -1.40. The quantitative estimate of drug-likeness (QED) is 0.284. The molecular weight excluding hydrogens is 549 g/mol. The summed E-state index contributed by atoms with van der Waals surface area (Å²) in [6, 6.07) is 9.27. The number of aromatic nitrogens is 3. The van der Waals surface area contributed by atoms with Crippen LogP contribution in [0.25, 0.3) is 16.6 Å². The van der Waals surface area contributed by atoms with Crippen LogP contribution >= 0.6 is 11.6 Å². The number of carboxylic acid groups (broad SMARTS) is 1. The molecule has 2 atom stereocenters. The number of hydrogen-bond donors (Lipinski definition) is 1. The summed E-state index contributed by atoms with van der Waals surface area (Å²) in [5.74, 6) is -1.06. The van der Waals surface area contributed by atoms with E-state index >= 15 is 4.39 Å². The lowest BCUT2D eigenvalue weighted by atomic mass is 10.1. The first-order valence-corrected chi connectivity index (χ1v) is 13.4. The molecule has 11 heteroatoms. The van der Waals surface area contributed by atoms with E-state index in [-0.39, 0.29) is 29.8 Å². The molecule has 0 amide bonds. The van der Waals surface area contributed by atoms with Gasteiger partial charge in [0.05, 0.1) is 29.1 Å². The molecule has 0 radical (unpaired) electrons. The standard InChI is InChI=1S/C30H29ClFN5O4/c1-5-18-7-8-20(16-41-29-23(31)10-6-17(2)34-29)37(18)26-13-25-21(12-24(26)32)28(38)22(30(39)40)15-36(25)19-9-11-27(33-14-19)35(3)4/h5-6,9-15,18,20H,1,7-8,16H2,2-4H3,(H,39,40)/t18-,20-/m1/s1. The molecule has 1 aromatic carbocycles. The van der Waals surface area contributed by atoms with Crippen LogP contribution in [0.2, 0.25) is 5.02 Å². The summed E-state index contributed by atoms with van der Waals surface area (Å²) in [6.45, 7) is 5.98. The minimum absolute atomic E-state index is 0.0549. The number of ether oxygens (including phenoxy) is 1. The van der Waals surface area contributed by atoms with Crippen molar-refractivity contribution in [1.29, 1.82) is 0 Å². The second kappa shape index (κ2) is 11.2. The van der Waals surface area contributed by atoms with Gasteiger partial charge in [0.1, 0.15) is 28.8 Å². The summed E-state index contributed by atoms with van der Waals surface area (Å²) in [4.78, 5) is 37.6. The van der Waals surface area contributed by atoms with Crippen LogP contribution in [0.1, 0.15) is 28.9 Å². The molecule has 1 N–H and O–H groups in total. The maximum Gasteiger partial charge on any atom is 0.341 e. The summed E-state index contributed by atoms with van der Waals surface area (Å²) in [5.41, 5.74) is 0.611. The highest BCUT2D eigenvalue weighted by atomic mass is 35.5. The highest BCUT2D eigenvalue weighted by Gasteiger charge is 2.35. The second-order valence-electron chi connectivity index (χ2n) is 10.1. The maximum atomic E-state index is 15.9. The molecule has 5 rings (SSSR count). The molecule has 0 spiro atoms. The Balaban J connectivity index is 1.63. The van der Waals surface area contributed by atoms with Crippen molar-refractivity contribution in [3.05, 3.63) is 93.8 Å². The number of aryl methyl sites for hydroxylation is 1. The average molecular weight is 578 g/mol. The normalized spacial score (nSPS) is 16.7. The van der Waals surface area contributed by atoms with E-state index in [0.717, 1.165) is 11.8 Å². The number of carboxylic acids is 1. The third-order valence-electron chi connectivity index (χ3n) is 7.23. The average Bonchev–Trinajstić information content (AvgIpc) is 3.36. The number of anilines is 2. The van der Waals surface area contributed by atoms with Crippen molar-refractivity contribution in [3.63, 3.8) is 0 Å². The molecule has 41 heavy (non-hydrogen) atoms. The Hall–Kier alpha value is -4.44. The van der Waals surface area contributed by atoms with Crippen molar-refractivity contribution in [2.24, 2.45) is 0 Å². The SMILES string of the molecule is C=C[C@@H]1CC[C@H](COc2nc(C)ccc2Cl)N1c1cc2c(cc1F)c(=O)c(C(=O)O)cn2-c1ccc(N(C)C)nc1. The third kappa shape index (κ3) is 5.35. The second-order valence-corrected chi connectivity index (χ2v) is 10.5. The lowest BCUT2D eigenvalue weighted by molar-refractivity contribution is 0.0695. The van der Waals surface area contributed by atoms with Crippen LogP contribution in [0, 0.1) is 12.7 Å². The number of halogens is 2. The Morgan fingerprint density at radius 1 is 1.27 bits per heavy atom. The molecule has 9 nitrogen and oxygen atoms in total. The third-order valence-corrected chi connectivity index (χ3v) is 7.52. The Labute approximate surface area is 241 Å². The first kappa shape index (κ1) is 28.1. The Morgan fingerprint density at radius 2 is 2.05 bits per heavy atom. The van der Waals surface area contributed by atoms with Crippen LogP contribution in [0.3, 0.4) is 0 Å². The lowest BCUT2D eigenvalue weighted by Gasteiger charge is -2.32. The molecule has 3 aromatic heterocycles. The highest BCUT2D eigenvalue weighted by Crippen LogP contribution is 2.36. The molecule has 212 valence electrons. The number of fused-ring (bicyclic) bond motifs is 1. The summed E-state index contributed by atoms with van der Waals surface area (Å²) in [7, 11) is 3.70. The number of rotatable bonds is 8. The summed E-state index contributed by atoms with van der Waals surface area (Å²) in [6.07, 6.45) is 5.99. The van der Waals surface area contributed by atoms with Crippen molar-refractivity contribution >= 4 is 40.0 Å². The van der Waals surface area contributed by atoms with Crippen molar-refractivity contribution in [1.82, 2.24) is 14.5 Å². The van der Waals surface area contributed by atoms with E-state index in [1.165, 1.54) is 6.20 Å². The van der Waals surface area contributed by atoms with Gasteiger partial charge in [0.15, 0.2) is 0 Å².